The van der Waals surface area contributed by atoms with Crippen molar-refractivity contribution in [2.75, 3.05) is 6.54 Å². The fraction of sp³-hybridized carbons (Fsp3) is 0.667. The van der Waals surface area contributed by atoms with E-state index in [9.17, 15) is 24.3 Å². The molecular formula is C30H47NO8. The monoisotopic (exact) mass is 549 g/mol. The Kier molecular flexibility index (Phi) is 12.2. The topological polar surface area (TPSA) is 128 Å². The smallest absolute Gasteiger partial charge is 0.321 e. The van der Waals surface area contributed by atoms with E-state index in [0.29, 0.717) is 18.4 Å². The Morgan fingerprint density at radius 2 is 1.38 bits per heavy atom. The van der Waals surface area contributed by atoms with Crippen molar-refractivity contribution in [3.8, 4) is 11.5 Å². The molecular weight excluding hydrogens is 502 g/mol. The minimum Gasteiger partial charge on any atom is -0.480 e. The molecule has 1 aromatic rings. The number of aliphatic carboxylic acids is 1. The number of esters is 3. The van der Waals surface area contributed by atoms with Gasteiger partial charge in [-0.3, -0.25) is 19.2 Å². The second-order valence-electron chi connectivity index (χ2n) is 12.6. The lowest BCUT2D eigenvalue weighted by Gasteiger charge is -2.24. The summed E-state index contributed by atoms with van der Waals surface area (Å²) in [6.07, 6.45) is 0.861. The Balaban J connectivity index is 3.13. The predicted octanol–water partition coefficient (Wildman–Crippen LogP) is 5.32. The van der Waals surface area contributed by atoms with Gasteiger partial charge in [0.25, 0.3) is 0 Å². The van der Waals surface area contributed by atoms with Crippen LogP contribution in [0.4, 0.5) is 0 Å². The summed E-state index contributed by atoms with van der Waals surface area (Å²) in [6, 6.07) is 3.66. The molecule has 1 rings (SSSR count). The first-order valence-electron chi connectivity index (χ1n) is 13.5. The number of carbonyl (C=O) groups is 4. The maximum Gasteiger partial charge on any atom is 0.321 e. The van der Waals surface area contributed by atoms with Crippen molar-refractivity contribution in [2.45, 2.75) is 107 Å². The van der Waals surface area contributed by atoms with Crippen LogP contribution in [0.1, 0.15) is 94.1 Å². The van der Waals surface area contributed by atoms with Gasteiger partial charge in [0.1, 0.15) is 12.1 Å². The van der Waals surface area contributed by atoms with Crippen molar-refractivity contribution < 1.29 is 38.5 Å². The maximum absolute atomic E-state index is 12.8. The zero-order chi connectivity index (χ0) is 30.2. The molecule has 220 valence electrons. The van der Waals surface area contributed by atoms with Crippen LogP contribution < -0.4 is 14.8 Å². The van der Waals surface area contributed by atoms with Gasteiger partial charge in [0.05, 0.1) is 17.3 Å². The lowest BCUT2D eigenvalue weighted by atomic mass is 9.90. The fourth-order valence-electron chi connectivity index (χ4n) is 3.14. The van der Waals surface area contributed by atoms with Gasteiger partial charge < -0.3 is 24.6 Å². The Labute approximate surface area is 233 Å². The summed E-state index contributed by atoms with van der Waals surface area (Å²) in [5.41, 5.74) is -1.17. The summed E-state index contributed by atoms with van der Waals surface area (Å²) in [7, 11) is 0. The molecule has 9 heteroatoms. The zero-order valence-corrected chi connectivity index (χ0v) is 25.2. The SMILES string of the molecule is CCC(C)(C)C(=O)Oc1ccc(C[C@H](NCC(C)OC(=O)CC(C)(C)C)C(=O)O)cc1OC(=O)C(C)(C)CC. The summed E-state index contributed by atoms with van der Waals surface area (Å²) in [4.78, 5) is 49.7. The number of ether oxygens (including phenoxy) is 3. The van der Waals surface area contributed by atoms with Gasteiger partial charge in [0.2, 0.25) is 0 Å². The largest absolute Gasteiger partial charge is 0.480 e. The molecule has 0 saturated carbocycles. The van der Waals surface area contributed by atoms with Gasteiger partial charge in [-0.2, -0.15) is 0 Å². The van der Waals surface area contributed by atoms with Crippen molar-refractivity contribution in [1.82, 2.24) is 5.32 Å². The first-order valence-corrected chi connectivity index (χ1v) is 13.5. The molecule has 0 aliphatic carbocycles. The summed E-state index contributed by atoms with van der Waals surface area (Å²) in [6.45, 7) is 18.4. The molecule has 1 unspecified atom stereocenters. The van der Waals surface area contributed by atoms with Gasteiger partial charge in [0.15, 0.2) is 11.5 Å². The van der Waals surface area contributed by atoms with E-state index < -0.39 is 40.9 Å². The molecule has 0 fully saturated rings. The fourth-order valence-corrected chi connectivity index (χ4v) is 3.14. The van der Waals surface area contributed by atoms with Gasteiger partial charge in [-0.1, -0.05) is 40.7 Å². The van der Waals surface area contributed by atoms with E-state index in [1.54, 1.807) is 40.7 Å². The minimum atomic E-state index is -1.09. The normalized spacial score (nSPS) is 13.8. The van der Waals surface area contributed by atoms with Crippen molar-refractivity contribution in [2.24, 2.45) is 16.2 Å². The number of nitrogens with one attached hydrogen (secondary N) is 1. The van der Waals surface area contributed by atoms with Crippen LogP contribution in [-0.4, -0.2) is 47.7 Å². The molecule has 0 aliphatic rings. The maximum atomic E-state index is 12.8. The number of hydrogen-bond donors (Lipinski definition) is 2. The summed E-state index contributed by atoms with van der Waals surface area (Å²) in [5.74, 6) is -2.26. The molecule has 0 aromatic heterocycles. The first-order chi connectivity index (χ1) is 17.8. The number of hydrogen-bond acceptors (Lipinski definition) is 8. The average molecular weight is 550 g/mol. The van der Waals surface area contributed by atoms with Gasteiger partial charge in [-0.15, -0.1) is 0 Å². The Morgan fingerprint density at radius 1 is 0.872 bits per heavy atom. The van der Waals surface area contributed by atoms with Crippen LogP contribution in [-0.2, 0) is 30.3 Å². The molecule has 0 saturated heterocycles. The van der Waals surface area contributed by atoms with Crippen molar-refractivity contribution in [3.05, 3.63) is 23.8 Å². The van der Waals surface area contributed by atoms with Gasteiger partial charge >= 0.3 is 23.9 Å². The van der Waals surface area contributed by atoms with Gasteiger partial charge in [-0.25, -0.2) is 0 Å². The van der Waals surface area contributed by atoms with E-state index in [-0.39, 0.29) is 42.3 Å². The highest BCUT2D eigenvalue weighted by atomic mass is 16.6. The second kappa shape index (κ2) is 13.9. The summed E-state index contributed by atoms with van der Waals surface area (Å²) >= 11 is 0. The molecule has 9 nitrogen and oxygen atoms in total. The second-order valence-corrected chi connectivity index (χ2v) is 12.6. The minimum absolute atomic E-state index is 0.0490. The van der Waals surface area contributed by atoms with E-state index in [2.05, 4.69) is 5.32 Å². The van der Waals surface area contributed by atoms with Crippen molar-refractivity contribution >= 4 is 23.9 Å². The van der Waals surface area contributed by atoms with E-state index >= 15 is 0 Å². The highest BCUT2D eigenvalue weighted by Crippen LogP contribution is 2.34. The van der Waals surface area contributed by atoms with Gasteiger partial charge in [0, 0.05) is 6.54 Å². The van der Waals surface area contributed by atoms with Crippen LogP contribution in [0, 0.1) is 16.2 Å². The molecule has 0 radical (unpaired) electrons. The molecule has 39 heavy (non-hydrogen) atoms. The first kappa shape index (κ1) is 34.1. The molecule has 2 atom stereocenters. The predicted molar refractivity (Wildman–Crippen MR) is 149 cm³/mol. The van der Waals surface area contributed by atoms with Crippen LogP contribution in [0.3, 0.4) is 0 Å². The zero-order valence-electron chi connectivity index (χ0n) is 25.2. The van der Waals surface area contributed by atoms with Crippen LogP contribution >= 0.6 is 0 Å². The average Bonchev–Trinajstić information content (AvgIpc) is 2.81. The molecule has 0 aliphatic heterocycles. The van der Waals surface area contributed by atoms with Crippen LogP contribution in [0.5, 0.6) is 11.5 Å². The van der Waals surface area contributed by atoms with Crippen LogP contribution in [0.25, 0.3) is 0 Å². The third-order valence-electron chi connectivity index (χ3n) is 6.68. The highest BCUT2D eigenvalue weighted by molar-refractivity contribution is 5.81. The summed E-state index contributed by atoms with van der Waals surface area (Å²) in [5, 5.41) is 12.7. The molecule has 0 bridgehead atoms. The summed E-state index contributed by atoms with van der Waals surface area (Å²) < 4.78 is 16.7. The Hall–Kier alpha value is -2.94. The molecule has 0 amide bonds. The van der Waals surface area contributed by atoms with E-state index in [1.807, 2.05) is 34.6 Å². The highest BCUT2D eigenvalue weighted by Gasteiger charge is 2.32. The molecule has 0 spiro atoms. The van der Waals surface area contributed by atoms with Crippen LogP contribution in [0.2, 0.25) is 0 Å². The van der Waals surface area contributed by atoms with E-state index in [1.165, 1.54) is 12.1 Å². The number of benzene rings is 1. The number of carboxylic acids is 1. The number of rotatable bonds is 14. The van der Waals surface area contributed by atoms with E-state index in [4.69, 9.17) is 14.2 Å². The molecule has 1 aromatic carbocycles. The third-order valence-corrected chi connectivity index (χ3v) is 6.68. The van der Waals surface area contributed by atoms with Crippen molar-refractivity contribution in [1.29, 1.82) is 0 Å². The molecule has 0 heterocycles. The lowest BCUT2D eigenvalue weighted by molar-refractivity contribution is -0.150. The number of carbonyl (C=O) groups excluding carboxylic acids is 3. The standard InChI is InChI=1S/C30H47NO8/c1-11-29(7,8)26(35)38-22-14-13-20(16-23(22)39-27(36)30(9,10)12-2)15-21(25(33)34)31-18-19(3)37-24(32)17-28(4,5)6/h13-14,16,19,21,31H,11-12,15,17-18H2,1-10H3,(H,33,34)/t19?,21-/m0/s1. The van der Waals surface area contributed by atoms with Crippen LogP contribution in [0.15, 0.2) is 18.2 Å². The number of carboxylic acid groups (broad SMARTS) is 1. The Morgan fingerprint density at radius 3 is 1.85 bits per heavy atom. The lowest BCUT2D eigenvalue weighted by Crippen LogP contribution is -2.42. The van der Waals surface area contributed by atoms with Gasteiger partial charge in [-0.05, 0) is 77.0 Å². The quantitative estimate of drug-likeness (QED) is 0.234. The van der Waals surface area contributed by atoms with E-state index in [0.717, 1.165) is 0 Å². The Bertz CT molecular complexity index is 1020. The third kappa shape index (κ3) is 11.4. The van der Waals surface area contributed by atoms with Crippen molar-refractivity contribution in [3.63, 3.8) is 0 Å². The molecule has 2 N–H and O–H groups in total.